The minimum atomic E-state index is -1.00. The average Bonchev–Trinajstić information content (AvgIpc) is 2.86. The zero-order valence-corrected chi connectivity index (χ0v) is 11.2. The fourth-order valence-corrected chi connectivity index (χ4v) is 2.22. The minimum absolute atomic E-state index is 0.133. The number of H-pyrrole nitrogens is 1. The van der Waals surface area contributed by atoms with Crippen LogP contribution in [0.2, 0.25) is 0 Å². The molecule has 2 rings (SSSR count). The molecule has 0 saturated carbocycles. The third-order valence-electron chi connectivity index (χ3n) is 3.25. The van der Waals surface area contributed by atoms with Crippen LogP contribution in [-0.2, 0) is 0 Å². The van der Waals surface area contributed by atoms with Crippen molar-refractivity contribution in [3.63, 3.8) is 0 Å². The Balaban J connectivity index is 1.79. The number of benzene rings is 1. The third kappa shape index (κ3) is 3.60. The zero-order chi connectivity index (χ0) is 14.4. The van der Waals surface area contributed by atoms with Crippen LogP contribution in [0.5, 0.6) is 0 Å². The minimum Gasteiger partial charge on any atom is -0.465 e. The van der Waals surface area contributed by atoms with Gasteiger partial charge in [0.25, 0.3) is 0 Å². The van der Waals surface area contributed by atoms with Gasteiger partial charge in [-0.1, -0.05) is 24.6 Å². The van der Waals surface area contributed by atoms with E-state index < -0.39 is 6.09 Å². The van der Waals surface area contributed by atoms with E-state index in [1.54, 1.807) is 6.20 Å². The first-order valence-electron chi connectivity index (χ1n) is 6.74. The maximum absolute atomic E-state index is 12.1. The number of Topliss-reactive ketones (excluding diaryl/α,β-unsaturated/α-hetero) is 1. The van der Waals surface area contributed by atoms with Gasteiger partial charge < -0.3 is 15.4 Å². The highest BCUT2D eigenvalue weighted by Crippen LogP contribution is 2.19. The van der Waals surface area contributed by atoms with Crippen molar-refractivity contribution in [2.45, 2.75) is 25.7 Å². The number of carbonyl (C=O) groups excluding carboxylic acids is 1. The summed E-state index contributed by atoms with van der Waals surface area (Å²) in [7, 11) is 0. The highest BCUT2D eigenvalue weighted by atomic mass is 16.4. The molecule has 0 bridgehead atoms. The summed E-state index contributed by atoms with van der Waals surface area (Å²) in [6.45, 7) is 0.441. The van der Waals surface area contributed by atoms with Crippen LogP contribution >= 0.6 is 0 Å². The Morgan fingerprint density at radius 2 is 1.95 bits per heavy atom. The number of hydrogen-bond acceptors (Lipinski definition) is 2. The number of carboxylic acid groups (broad SMARTS) is 1. The molecule has 106 valence electrons. The van der Waals surface area contributed by atoms with Crippen LogP contribution < -0.4 is 5.32 Å². The maximum atomic E-state index is 12.1. The number of nitrogens with one attached hydrogen (secondary N) is 2. The van der Waals surface area contributed by atoms with Crippen LogP contribution in [0.15, 0.2) is 30.5 Å². The molecule has 0 radical (unpaired) electrons. The van der Waals surface area contributed by atoms with Crippen molar-refractivity contribution in [3.05, 3.63) is 36.0 Å². The number of hydrogen-bond donors (Lipinski definition) is 3. The van der Waals surface area contributed by atoms with E-state index in [0.717, 1.165) is 35.7 Å². The van der Waals surface area contributed by atoms with Crippen molar-refractivity contribution >= 4 is 22.8 Å². The molecular formula is C15H18N2O3. The summed E-state index contributed by atoms with van der Waals surface area (Å²) in [5.74, 6) is 0.133. The van der Waals surface area contributed by atoms with Gasteiger partial charge in [-0.25, -0.2) is 4.79 Å². The summed E-state index contributed by atoms with van der Waals surface area (Å²) in [5.41, 5.74) is 1.71. The first kappa shape index (κ1) is 14.1. The van der Waals surface area contributed by atoms with E-state index in [2.05, 4.69) is 10.3 Å². The van der Waals surface area contributed by atoms with Crippen molar-refractivity contribution in [1.29, 1.82) is 0 Å². The number of rotatable bonds is 7. The molecule has 0 aliphatic carbocycles. The Morgan fingerprint density at radius 1 is 1.15 bits per heavy atom. The highest BCUT2D eigenvalue weighted by molar-refractivity contribution is 6.07. The Kier molecular flexibility index (Phi) is 4.76. The van der Waals surface area contributed by atoms with Crippen LogP contribution in [-0.4, -0.2) is 28.5 Å². The van der Waals surface area contributed by atoms with Gasteiger partial charge in [0.15, 0.2) is 5.78 Å². The Morgan fingerprint density at radius 3 is 2.75 bits per heavy atom. The van der Waals surface area contributed by atoms with Gasteiger partial charge in [-0.15, -0.1) is 0 Å². The number of ketones is 1. The first-order valence-corrected chi connectivity index (χ1v) is 6.74. The Hall–Kier alpha value is -2.30. The fraction of sp³-hybridized carbons (Fsp3) is 0.333. The molecule has 1 aromatic heterocycles. The molecule has 1 amide bonds. The number of para-hydroxylation sites is 1. The molecule has 5 nitrogen and oxygen atoms in total. The van der Waals surface area contributed by atoms with Crippen LogP contribution in [0.1, 0.15) is 36.0 Å². The van der Waals surface area contributed by atoms with E-state index in [4.69, 9.17) is 5.11 Å². The number of aromatic amines is 1. The largest absolute Gasteiger partial charge is 0.465 e. The van der Waals surface area contributed by atoms with Crippen molar-refractivity contribution in [1.82, 2.24) is 10.3 Å². The Bertz CT molecular complexity index is 604. The molecule has 2 aromatic rings. The second-order valence-corrected chi connectivity index (χ2v) is 4.71. The van der Waals surface area contributed by atoms with Gasteiger partial charge in [0.2, 0.25) is 0 Å². The molecule has 20 heavy (non-hydrogen) atoms. The predicted octanol–water partition coefficient (Wildman–Crippen LogP) is 3.18. The lowest BCUT2D eigenvalue weighted by Gasteiger charge is -2.01. The quantitative estimate of drug-likeness (QED) is 0.535. The lowest BCUT2D eigenvalue weighted by molar-refractivity contribution is 0.0980. The van der Waals surface area contributed by atoms with Crippen LogP contribution in [0.25, 0.3) is 10.9 Å². The molecule has 5 heteroatoms. The molecule has 0 saturated heterocycles. The summed E-state index contributed by atoms with van der Waals surface area (Å²) in [6.07, 6.45) is 3.63. The normalized spacial score (nSPS) is 10.6. The van der Waals surface area contributed by atoms with E-state index in [-0.39, 0.29) is 5.78 Å². The lowest BCUT2D eigenvalue weighted by atomic mass is 10.0. The van der Waals surface area contributed by atoms with Gasteiger partial charge in [-0.05, 0) is 18.9 Å². The summed E-state index contributed by atoms with van der Waals surface area (Å²) < 4.78 is 0. The average molecular weight is 274 g/mol. The van der Waals surface area contributed by atoms with Crippen LogP contribution in [0.3, 0.4) is 0 Å². The van der Waals surface area contributed by atoms with E-state index >= 15 is 0 Å². The summed E-state index contributed by atoms with van der Waals surface area (Å²) >= 11 is 0. The van der Waals surface area contributed by atoms with Crippen LogP contribution in [0.4, 0.5) is 4.79 Å². The van der Waals surface area contributed by atoms with Crippen molar-refractivity contribution in [3.8, 4) is 0 Å². The summed E-state index contributed by atoms with van der Waals surface area (Å²) in [5, 5.41) is 11.7. The van der Waals surface area contributed by atoms with E-state index in [1.807, 2.05) is 24.3 Å². The standard InChI is InChI=1S/C15H18N2O3/c18-14(8-2-1-5-9-16-15(19)20)12-10-17-13-7-4-3-6-11(12)13/h3-4,6-7,10,16-17H,1-2,5,8-9H2,(H,19,20). The second-order valence-electron chi connectivity index (χ2n) is 4.71. The van der Waals surface area contributed by atoms with E-state index in [0.29, 0.717) is 13.0 Å². The second kappa shape index (κ2) is 6.75. The molecule has 0 aliphatic heterocycles. The number of unbranched alkanes of at least 4 members (excludes halogenated alkanes) is 2. The smallest absolute Gasteiger partial charge is 0.404 e. The van der Waals surface area contributed by atoms with Gasteiger partial charge >= 0.3 is 6.09 Å². The molecule has 0 unspecified atom stereocenters. The van der Waals surface area contributed by atoms with Crippen molar-refractivity contribution in [2.24, 2.45) is 0 Å². The number of amides is 1. The Labute approximate surface area is 117 Å². The third-order valence-corrected chi connectivity index (χ3v) is 3.25. The number of carbonyl (C=O) groups is 2. The van der Waals surface area contributed by atoms with Gasteiger partial charge in [0.1, 0.15) is 0 Å². The van der Waals surface area contributed by atoms with E-state index in [1.165, 1.54) is 0 Å². The predicted molar refractivity (Wildman–Crippen MR) is 77.1 cm³/mol. The van der Waals surface area contributed by atoms with Crippen molar-refractivity contribution < 1.29 is 14.7 Å². The highest BCUT2D eigenvalue weighted by Gasteiger charge is 2.10. The zero-order valence-electron chi connectivity index (χ0n) is 11.2. The molecular weight excluding hydrogens is 256 g/mol. The monoisotopic (exact) mass is 274 g/mol. The molecule has 1 heterocycles. The molecule has 0 spiro atoms. The molecule has 0 fully saturated rings. The molecule has 0 aliphatic rings. The summed E-state index contributed by atoms with van der Waals surface area (Å²) in [4.78, 5) is 25.5. The SMILES string of the molecule is O=C(O)NCCCCCC(=O)c1c[nH]c2ccccc12. The van der Waals surface area contributed by atoms with Gasteiger partial charge in [-0.3, -0.25) is 4.79 Å². The van der Waals surface area contributed by atoms with Gasteiger partial charge in [-0.2, -0.15) is 0 Å². The maximum Gasteiger partial charge on any atom is 0.404 e. The molecule has 0 atom stereocenters. The van der Waals surface area contributed by atoms with Gasteiger partial charge in [0.05, 0.1) is 0 Å². The van der Waals surface area contributed by atoms with E-state index in [9.17, 15) is 9.59 Å². The topological polar surface area (TPSA) is 82.2 Å². The fourth-order valence-electron chi connectivity index (χ4n) is 2.22. The molecule has 3 N–H and O–H groups in total. The van der Waals surface area contributed by atoms with Crippen LogP contribution in [0, 0.1) is 0 Å². The summed E-state index contributed by atoms with van der Waals surface area (Å²) in [6, 6.07) is 7.74. The number of aromatic nitrogens is 1. The molecule has 1 aromatic carbocycles. The first-order chi connectivity index (χ1) is 9.68. The number of fused-ring (bicyclic) bond motifs is 1. The van der Waals surface area contributed by atoms with Crippen molar-refractivity contribution in [2.75, 3.05) is 6.54 Å². The van der Waals surface area contributed by atoms with Gasteiger partial charge in [0, 0.05) is 35.6 Å². The lowest BCUT2D eigenvalue weighted by Crippen LogP contribution is -2.21.